The van der Waals surface area contributed by atoms with Crippen molar-refractivity contribution in [3.63, 3.8) is 0 Å². The fourth-order valence-electron chi connectivity index (χ4n) is 1.78. The van der Waals surface area contributed by atoms with E-state index in [2.05, 4.69) is 5.32 Å². The quantitative estimate of drug-likeness (QED) is 0.718. The molecule has 1 aromatic carbocycles. The highest BCUT2D eigenvalue weighted by molar-refractivity contribution is 5.96. The normalized spacial score (nSPS) is 14.1. The Kier molecular flexibility index (Phi) is 4.73. The van der Waals surface area contributed by atoms with Gasteiger partial charge < -0.3 is 16.2 Å². The van der Waals surface area contributed by atoms with Crippen LogP contribution < -0.4 is 11.1 Å². The summed E-state index contributed by atoms with van der Waals surface area (Å²) in [4.78, 5) is 11.9. The summed E-state index contributed by atoms with van der Waals surface area (Å²) in [6.45, 7) is 7.64. The molecule has 0 bridgehead atoms. The smallest absolute Gasteiger partial charge is 0.241 e. The standard InChI is InChI=1S/C14H22N2O2/c1-5-9(3)12(15)14(18)16-11-7-8(2)6-10(4)13(11)17/h6-7,9,12,17H,5,15H2,1-4H3,(H,16,18)/t9?,12-/m0/s1. The van der Waals surface area contributed by atoms with Gasteiger partial charge in [-0.25, -0.2) is 0 Å². The van der Waals surface area contributed by atoms with Crippen molar-refractivity contribution in [1.82, 2.24) is 0 Å². The predicted octanol–water partition coefficient (Wildman–Crippen LogP) is 2.32. The molecule has 18 heavy (non-hydrogen) atoms. The minimum atomic E-state index is -0.560. The number of phenolic OH excluding ortho intramolecular Hbond substituents is 1. The summed E-state index contributed by atoms with van der Waals surface area (Å²) in [7, 11) is 0. The van der Waals surface area contributed by atoms with E-state index in [1.165, 1.54) is 0 Å². The van der Waals surface area contributed by atoms with Crippen LogP contribution in [0.3, 0.4) is 0 Å². The van der Waals surface area contributed by atoms with Crippen LogP contribution in [-0.2, 0) is 4.79 Å². The van der Waals surface area contributed by atoms with Crippen molar-refractivity contribution in [3.05, 3.63) is 23.3 Å². The molecule has 1 unspecified atom stereocenters. The molecule has 0 saturated carbocycles. The average molecular weight is 250 g/mol. The summed E-state index contributed by atoms with van der Waals surface area (Å²) in [5, 5.41) is 12.6. The van der Waals surface area contributed by atoms with Gasteiger partial charge in [-0.15, -0.1) is 0 Å². The second-order valence-corrected chi connectivity index (χ2v) is 4.88. The van der Waals surface area contributed by atoms with Crippen molar-refractivity contribution in [1.29, 1.82) is 0 Å². The van der Waals surface area contributed by atoms with Crippen LogP contribution >= 0.6 is 0 Å². The number of rotatable bonds is 4. The van der Waals surface area contributed by atoms with Gasteiger partial charge in [0.2, 0.25) is 5.91 Å². The van der Waals surface area contributed by atoms with Gasteiger partial charge in [-0.3, -0.25) is 4.79 Å². The summed E-state index contributed by atoms with van der Waals surface area (Å²) >= 11 is 0. The van der Waals surface area contributed by atoms with Crippen LogP contribution in [0.4, 0.5) is 5.69 Å². The molecule has 0 saturated heterocycles. The number of benzene rings is 1. The SMILES string of the molecule is CCC(C)[C@H](N)C(=O)Nc1cc(C)cc(C)c1O. The Morgan fingerprint density at radius 2 is 2.06 bits per heavy atom. The van der Waals surface area contributed by atoms with E-state index in [4.69, 9.17) is 5.73 Å². The van der Waals surface area contributed by atoms with Gasteiger partial charge in [-0.05, 0) is 37.0 Å². The van der Waals surface area contributed by atoms with E-state index in [9.17, 15) is 9.90 Å². The lowest BCUT2D eigenvalue weighted by Gasteiger charge is -2.18. The molecule has 4 heteroatoms. The van der Waals surface area contributed by atoms with Crippen molar-refractivity contribution in [3.8, 4) is 5.75 Å². The van der Waals surface area contributed by atoms with E-state index in [1.54, 1.807) is 13.0 Å². The fourth-order valence-corrected chi connectivity index (χ4v) is 1.78. The van der Waals surface area contributed by atoms with Crippen LogP contribution in [0, 0.1) is 19.8 Å². The Hall–Kier alpha value is -1.55. The molecule has 1 amide bonds. The van der Waals surface area contributed by atoms with Crippen LogP contribution in [0.1, 0.15) is 31.4 Å². The first-order valence-corrected chi connectivity index (χ1v) is 6.23. The van der Waals surface area contributed by atoms with Crippen LogP contribution in [0.5, 0.6) is 5.75 Å². The van der Waals surface area contributed by atoms with Crippen LogP contribution in [0.2, 0.25) is 0 Å². The Bertz CT molecular complexity index is 444. The summed E-state index contributed by atoms with van der Waals surface area (Å²) in [6, 6.07) is 3.04. The molecule has 0 radical (unpaired) electrons. The van der Waals surface area contributed by atoms with Crippen LogP contribution in [0.25, 0.3) is 0 Å². The maximum Gasteiger partial charge on any atom is 0.241 e. The maximum atomic E-state index is 11.9. The highest BCUT2D eigenvalue weighted by Gasteiger charge is 2.20. The first-order valence-electron chi connectivity index (χ1n) is 6.23. The third-order valence-corrected chi connectivity index (χ3v) is 3.26. The van der Waals surface area contributed by atoms with Crippen LogP contribution in [-0.4, -0.2) is 17.1 Å². The number of anilines is 1. The van der Waals surface area contributed by atoms with Crippen molar-refractivity contribution >= 4 is 11.6 Å². The Labute approximate surface area is 108 Å². The predicted molar refractivity (Wildman–Crippen MR) is 73.6 cm³/mol. The van der Waals surface area contributed by atoms with Gasteiger partial charge in [-0.2, -0.15) is 0 Å². The summed E-state index contributed by atoms with van der Waals surface area (Å²) in [6.07, 6.45) is 0.841. The molecule has 2 atom stereocenters. The average Bonchev–Trinajstić information content (AvgIpc) is 2.33. The van der Waals surface area contributed by atoms with E-state index in [1.807, 2.05) is 26.8 Å². The summed E-state index contributed by atoms with van der Waals surface area (Å²) in [5.41, 5.74) is 8.00. The topological polar surface area (TPSA) is 75.4 Å². The lowest BCUT2D eigenvalue weighted by Crippen LogP contribution is -2.40. The third-order valence-electron chi connectivity index (χ3n) is 3.26. The third kappa shape index (κ3) is 3.23. The van der Waals surface area contributed by atoms with Gasteiger partial charge in [0.05, 0.1) is 11.7 Å². The number of phenols is 1. The Morgan fingerprint density at radius 1 is 1.44 bits per heavy atom. The molecule has 0 aliphatic carbocycles. The highest BCUT2D eigenvalue weighted by Crippen LogP contribution is 2.28. The molecule has 0 fully saturated rings. The molecule has 1 aromatic rings. The van der Waals surface area contributed by atoms with Crippen molar-refractivity contribution in [2.45, 2.75) is 40.2 Å². The first kappa shape index (κ1) is 14.5. The van der Waals surface area contributed by atoms with Gasteiger partial charge in [0.25, 0.3) is 0 Å². The van der Waals surface area contributed by atoms with E-state index >= 15 is 0 Å². The number of carbonyl (C=O) groups excluding carboxylic acids is 1. The largest absolute Gasteiger partial charge is 0.505 e. The molecule has 4 nitrogen and oxygen atoms in total. The fraction of sp³-hybridized carbons (Fsp3) is 0.500. The number of nitrogens with one attached hydrogen (secondary N) is 1. The van der Waals surface area contributed by atoms with Crippen molar-refractivity contribution < 1.29 is 9.90 Å². The second kappa shape index (κ2) is 5.87. The highest BCUT2D eigenvalue weighted by atomic mass is 16.3. The molecule has 0 aromatic heterocycles. The number of hydrogen-bond donors (Lipinski definition) is 3. The number of aromatic hydroxyl groups is 1. The summed E-state index contributed by atoms with van der Waals surface area (Å²) < 4.78 is 0. The van der Waals surface area contributed by atoms with E-state index < -0.39 is 6.04 Å². The zero-order valence-corrected chi connectivity index (χ0v) is 11.4. The Balaban J connectivity index is 2.88. The molecule has 4 N–H and O–H groups in total. The zero-order valence-electron chi connectivity index (χ0n) is 11.4. The molecule has 0 spiro atoms. The van der Waals surface area contributed by atoms with E-state index in [0.717, 1.165) is 17.5 Å². The van der Waals surface area contributed by atoms with E-state index in [-0.39, 0.29) is 17.6 Å². The molecule has 100 valence electrons. The van der Waals surface area contributed by atoms with Gasteiger partial charge in [0.1, 0.15) is 5.75 Å². The lowest BCUT2D eigenvalue weighted by atomic mass is 9.99. The molecular weight excluding hydrogens is 228 g/mol. The summed E-state index contributed by atoms with van der Waals surface area (Å²) in [5.74, 6) is -0.0481. The number of aryl methyl sites for hydroxylation is 2. The Morgan fingerprint density at radius 3 is 2.61 bits per heavy atom. The maximum absolute atomic E-state index is 11.9. The first-order chi connectivity index (χ1) is 8.36. The second-order valence-electron chi connectivity index (χ2n) is 4.88. The van der Waals surface area contributed by atoms with Gasteiger partial charge in [-0.1, -0.05) is 26.3 Å². The molecule has 0 aliphatic rings. The number of nitrogens with two attached hydrogens (primary N) is 1. The minimum Gasteiger partial charge on any atom is -0.505 e. The number of hydrogen-bond acceptors (Lipinski definition) is 3. The number of carbonyl (C=O) groups is 1. The molecule has 1 rings (SSSR count). The zero-order chi connectivity index (χ0) is 13.9. The molecule has 0 aliphatic heterocycles. The van der Waals surface area contributed by atoms with Crippen LogP contribution in [0.15, 0.2) is 12.1 Å². The van der Waals surface area contributed by atoms with Gasteiger partial charge in [0, 0.05) is 0 Å². The van der Waals surface area contributed by atoms with Gasteiger partial charge >= 0.3 is 0 Å². The van der Waals surface area contributed by atoms with E-state index in [0.29, 0.717) is 5.69 Å². The molecular formula is C14H22N2O2. The monoisotopic (exact) mass is 250 g/mol. The molecule has 0 heterocycles. The van der Waals surface area contributed by atoms with Crippen molar-refractivity contribution in [2.24, 2.45) is 11.7 Å². The minimum absolute atomic E-state index is 0.102. The van der Waals surface area contributed by atoms with Gasteiger partial charge in [0.15, 0.2) is 0 Å². The number of amides is 1. The lowest BCUT2D eigenvalue weighted by molar-refractivity contribution is -0.118. The van der Waals surface area contributed by atoms with Crippen molar-refractivity contribution in [2.75, 3.05) is 5.32 Å².